The van der Waals surface area contributed by atoms with Crippen molar-refractivity contribution in [3.05, 3.63) is 78.4 Å². The van der Waals surface area contributed by atoms with Crippen molar-refractivity contribution in [3.63, 3.8) is 0 Å². The number of hydrogen-bond acceptors (Lipinski definition) is 3. The van der Waals surface area contributed by atoms with Gasteiger partial charge in [0.1, 0.15) is 5.75 Å². The van der Waals surface area contributed by atoms with Crippen LogP contribution in [-0.4, -0.2) is 18.9 Å². The quantitative estimate of drug-likeness (QED) is 0.499. The Hall–Kier alpha value is -3.68. The second-order valence-corrected chi connectivity index (χ2v) is 8.44. The molecule has 8 heteroatoms. The van der Waals surface area contributed by atoms with Gasteiger partial charge in [-0.1, -0.05) is 36.8 Å². The Morgan fingerprint density at radius 3 is 2.18 bits per heavy atom. The number of nitrogens with zero attached hydrogens (tertiary/aromatic N) is 2. The zero-order valence-electron chi connectivity index (χ0n) is 17.7. The highest BCUT2D eigenvalue weighted by molar-refractivity contribution is 6.02. The summed E-state index contributed by atoms with van der Waals surface area (Å²) >= 11 is 0. The predicted octanol–water partition coefficient (Wildman–Crippen LogP) is 6.38. The number of nitrogens with two attached hydrogens (primary N) is 1. The zero-order valence-corrected chi connectivity index (χ0v) is 17.7. The number of hydrogen-bond donors (Lipinski definition) is 1. The lowest BCUT2D eigenvalue weighted by atomic mass is 9.66. The molecule has 2 N–H and O–H groups in total. The van der Waals surface area contributed by atoms with Crippen LogP contribution in [0, 0.1) is 0 Å². The minimum atomic E-state index is -4.79. The highest BCUT2D eigenvalue weighted by Gasteiger charge is 2.47. The monoisotopic (exact) mass is 453 g/mol. The molecule has 3 aromatic rings. The van der Waals surface area contributed by atoms with E-state index in [4.69, 9.17) is 5.73 Å². The van der Waals surface area contributed by atoms with Crippen molar-refractivity contribution < 1.29 is 22.7 Å². The number of primary amides is 1. The Bertz CT molecular complexity index is 1190. The van der Waals surface area contributed by atoms with Gasteiger partial charge in [0.05, 0.1) is 17.1 Å². The number of amides is 2. The summed E-state index contributed by atoms with van der Waals surface area (Å²) in [6, 6.07) is 20.1. The molecule has 5 nitrogen and oxygen atoms in total. The standard InChI is InChI=1S/C25H22F3N3O2/c26-25(27,28)33-18-12-10-17(11-13-18)31(23(29)32)22-9-4-3-8-21(22)30-16-24(14-5-15-24)19-6-1-2-7-20(19)30/h1-4,6-13H,5,14-16H2,(H2,29,32). The third-order valence-corrected chi connectivity index (χ3v) is 6.50. The van der Waals surface area contributed by atoms with E-state index in [1.165, 1.54) is 29.0 Å². The Labute approximate surface area is 189 Å². The fourth-order valence-corrected chi connectivity index (χ4v) is 4.94. The Morgan fingerprint density at radius 1 is 0.939 bits per heavy atom. The summed E-state index contributed by atoms with van der Waals surface area (Å²) < 4.78 is 41.5. The van der Waals surface area contributed by atoms with Gasteiger partial charge in [-0.05, 0) is 60.9 Å². The van der Waals surface area contributed by atoms with Crippen LogP contribution < -0.4 is 20.3 Å². The number of rotatable bonds is 4. The van der Waals surface area contributed by atoms with E-state index in [1.54, 1.807) is 12.1 Å². The number of ether oxygens (including phenoxy) is 1. The highest BCUT2D eigenvalue weighted by atomic mass is 19.4. The van der Waals surface area contributed by atoms with Crippen molar-refractivity contribution in [2.24, 2.45) is 5.73 Å². The molecule has 0 atom stereocenters. The maximum atomic E-state index is 12.5. The van der Waals surface area contributed by atoms with Gasteiger partial charge in [0.25, 0.3) is 0 Å². The van der Waals surface area contributed by atoms with E-state index in [1.807, 2.05) is 18.2 Å². The first-order chi connectivity index (χ1) is 15.8. The fourth-order valence-electron chi connectivity index (χ4n) is 4.94. The summed E-state index contributed by atoms with van der Waals surface area (Å²) in [6.07, 6.45) is -1.38. The fraction of sp³-hybridized carbons (Fsp3) is 0.240. The predicted molar refractivity (Wildman–Crippen MR) is 120 cm³/mol. The molecular formula is C25H22F3N3O2. The molecule has 1 aliphatic heterocycles. The highest BCUT2D eigenvalue weighted by Crippen LogP contribution is 2.55. The van der Waals surface area contributed by atoms with Gasteiger partial charge in [-0.15, -0.1) is 13.2 Å². The second-order valence-electron chi connectivity index (χ2n) is 8.44. The van der Waals surface area contributed by atoms with Gasteiger partial charge < -0.3 is 15.4 Å². The molecule has 0 saturated heterocycles. The molecule has 3 aromatic carbocycles. The number of urea groups is 1. The Kier molecular flexibility index (Phi) is 4.96. The van der Waals surface area contributed by atoms with Gasteiger partial charge in [0.2, 0.25) is 0 Å². The molecule has 0 radical (unpaired) electrons. The first-order valence-corrected chi connectivity index (χ1v) is 10.7. The van der Waals surface area contributed by atoms with E-state index in [-0.39, 0.29) is 11.2 Å². The van der Waals surface area contributed by atoms with Crippen LogP contribution in [0.15, 0.2) is 72.8 Å². The van der Waals surface area contributed by atoms with Crippen LogP contribution in [0.2, 0.25) is 0 Å². The number of benzene rings is 3. The minimum Gasteiger partial charge on any atom is -0.406 e. The molecule has 1 saturated carbocycles. The van der Waals surface area contributed by atoms with Crippen LogP contribution in [0.1, 0.15) is 24.8 Å². The first kappa shape index (κ1) is 21.2. The number of halogens is 3. The van der Waals surface area contributed by atoms with Gasteiger partial charge in [-0.3, -0.25) is 4.90 Å². The van der Waals surface area contributed by atoms with Crippen molar-refractivity contribution in [1.29, 1.82) is 0 Å². The number of fused-ring (bicyclic) bond motifs is 2. The average Bonchev–Trinajstić information content (AvgIpc) is 3.10. The third kappa shape index (κ3) is 3.75. The van der Waals surface area contributed by atoms with Crippen molar-refractivity contribution in [1.82, 2.24) is 0 Å². The lowest BCUT2D eigenvalue weighted by Crippen LogP contribution is -2.38. The van der Waals surface area contributed by atoms with Crippen molar-refractivity contribution in [3.8, 4) is 5.75 Å². The zero-order chi connectivity index (χ0) is 23.2. The van der Waals surface area contributed by atoms with E-state index in [9.17, 15) is 18.0 Å². The molecule has 0 unspecified atom stereocenters. The molecule has 0 aromatic heterocycles. The first-order valence-electron chi connectivity index (χ1n) is 10.7. The topological polar surface area (TPSA) is 58.8 Å². The molecular weight excluding hydrogens is 431 g/mol. The normalized spacial score (nSPS) is 16.3. The van der Waals surface area contributed by atoms with Crippen molar-refractivity contribution >= 4 is 28.8 Å². The van der Waals surface area contributed by atoms with Crippen LogP contribution in [-0.2, 0) is 5.41 Å². The van der Waals surface area contributed by atoms with Gasteiger partial charge in [-0.25, -0.2) is 4.79 Å². The summed E-state index contributed by atoms with van der Waals surface area (Å²) in [5.41, 5.74) is 9.98. The van der Waals surface area contributed by atoms with E-state index < -0.39 is 12.4 Å². The van der Waals surface area contributed by atoms with Crippen LogP contribution in [0.25, 0.3) is 0 Å². The minimum absolute atomic E-state index is 0.109. The van der Waals surface area contributed by atoms with Crippen LogP contribution in [0.4, 0.5) is 40.7 Å². The molecule has 0 bridgehead atoms. The Morgan fingerprint density at radius 2 is 1.58 bits per heavy atom. The second kappa shape index (κ2) is 7.72. The lowest BCUT2D eigenvalue weighted by molar-refractivity contribution is -0.274. The van der Waals surface area contributed by atoms with E-state index in [0.717, 1.165) is 42.9 Å². The molecule has 1 fully saturated rings. The average molecular weight is 453 g/mol. The summed E-state index contributed by atoms with van der Waals surface area (Å²) in [7, 11) is 0. The number of alkyl halides is 3. The van der Waals surface area contributed by atoms with Gasteiger partial charge in [-0.2, -0.15) is 0 Å². The molecule has 1 heterocycles. The van der Waals surface area contributed by atoms with E-state index in [0.29, 0.717) is 11.4 Å². The van der Waals surface area contributed by atoms with Gasteiger partial charge >= 0.3 is 12.4 Å². The van der Waals surface area contributed by atoms with Crippen LogP contribution in [0.3, 0.4) is 0 Å². The molecule has 1 spiro atoms. The van der Waals surface area contributed by atoms with Crippen LogP contribution >= 0.6 is 0 Å². The SMILES string of the molecule is NC(=O)N(c1ccc(OC(F)(F)F)cc1)c1ccccc1N1CC2(CCC2)c2ccccc21. The molecule has 1 aliphatic carbocycles. The number of para-hydroxylation sites is 3. The summed E-state index contributed by atoms with van der Waals surface area (Å²) in [5, 5.41) is 0. The molecule has 5 rings (SSSR count). The van der Waals surface area contributed by atoms with Gasteiger partial charge in [0.15, 0.2) is 0 Å². The summed E-state index contributed by atoms with van der Waals surface area (Å²) in [6.45, 7) is 0.800. The maximum absolute atomic E-state index is 12.5. The van der Waals surface area contributed by atoms with Crippen LogP contribution in [0.5, 0.6) is 5.75 Å². The van der Waals surface area contributed by atoms with E-state index >= 15 is 0 Å². The largest absolute Gasteiger partial charge is 0.573 e. The third-order valence-electron chi connectivity index (χ3n) is 6.50. The van der Waals surface area contributed by atoms with E-state index in [2.05, 4.69) is 27.8 Å². The maximum Gasteiger partial charge on any atom is 0.573 e. The number of anilines is 4. The van der Waals surface area contributed by atoms with Crippen molar-refractivity contribution in [2.45, 2.75) is 31.0 Å². The molecule has 2 amide bonds. The number of carbonyl (C=O) groups is 1. The summed E-state index contributed by atoms with van der Waals surface area (Å²) in [5.74, 6) is -0.371. The van der Waals surface area contributed by atoms with Crippen molar-refractivity contribution in [2.75, 3.05) is 16.3 Å². The smallest absolute Gasteiger partial charge is 0.406 e. The summed E-state index contributed by atoms with van der Waals surface area (Å²) in [4.78, 5) is 16.1. The lowest BCUT2D eigenvalue weighted by Gasteiger charge is -2.39. The Balaban J connectivity index is 1.55. The van der Waals surface area contributed by atoms with Gasteiger partial charge in [0, 0.05) is 17.6 Å². The molecule has 33 heavy (non-hydrogen) atoms. The number of carbonyl (C=O) groups excluding carboxylic acids is 1. The molecule has 170 valence electrons. The molecule has 2 aliphatic rings.